The van der Waals surface area contributed by atoms with Gasteiger partial charge in [0.1, 0.15) is 11.8 Å². The zero-order chi connectivity index (χ0) is 38.7. The van der Waals surface area contributed by atoms with E-state index < -0.39 is 17.4 Å². The van der Waals surface area contributed by atoms with Crippen LogP contribution in [0, 0.1) is 17.9 Å². The number of hydrogen-bond acceptors (Lipinski definition) is 7. The highest BCUT2D eigenvalue weighted by molar-refractivity contribution is 5.96. The molecular weight excluding hydrogens is 683 g/mol. The van der Waals surface area contributed by atoms with E-state index in [1.165, 1.54) is 0 Å². The van der Waals surface area contributed by atoms with E-state index >= 15 is 0 Å². The summed E-state index contributed by atoms with van der Waals surface area (Å²) in [7, 11) is 1.68. The monoisotopic (exact) mass is 732 g/mol. The molecule has 2 aromatic carbocycles. The van der Waals surface area contributed by atoms with Crippen molar-refractivity contribution in [1.29, 1.82) is 0 Å². The summed E-state index contributed by atoms with van der Waals surface area (Å²) in [5, 5.41) is 16.1. The van der Waals surface area contributed by atoms with Gasteiger partial charge in [0.15, 0.2) is 0 Å². The van der Waals surface area contributed by atoms with Gasteiger partial charge in [0.25, 0.3) is 0 Å². The maximum Gasteiger partial charge on any atom is 0.317 e. The molecule has 2 aliphatic rings. The molecule has 0 unspecified atom stereocenters. The molecule has 2 amide bonds. The minimum Gasteiger partial charge on any atom is -0.508 e. The molecule has 3 heterocycles. The SMILES string of the molecule is C#[N+]N1CCCCC(=O)OCC(C)(C)Cc2c(-c3cccnc3[C@H](C)OC)n(CC)c3ccc(cc23)-c2cc(O)cc(c2)C[C@H](NC(=O)[C@H]2C=C2C)C1=O. The minimum absolute atomic E-state index is 0.0332. The van der Waals surface area contributed by atoms with Gasteiger partial charge >= 0.3 is 18.4 Å². The van der Waals surface area contributed by atoms with Gasteiger partial charge in [0, 0.05) is 59.6 Å². The molecule has 2 N–H and O–H groups in total. The molecule has 282 valence electrons. The Labute approximate surface area is 316 Å². The van der Waals surface area contributed by atoms with Crippen LogP contribution >= 0.6 is 0 Å². The fourth-order valence-corrected chi connectivity index (χ4v) is 7.44. The summed E-state index contributed by atoms with van der Waals surface area (Å²) < 4.78 is 13.9. The molecule has 2 aromatic heterocycles. The fraction of sp³-hybridized carbons (Fsp3) is 0.419. The maximum absolute atomic E-state index is 13.9. The number of phenolic OH excluding ortho intramolecular Hbond substituents is 1. The van der Waals surface area contributed by atoms with Gasteiger partial charge < -0.3 is 24.5 Å². The molecule has 54 heavy (non-hydrogen) atoms. The van der Waals surface area contributed by atoms with Gasteiger partial charge in [0.2, 0.25) is 5.91 Å². The summed E-state index contributed by atoms with van der Waals surface area (Å²) in [6, 6.07) is 14.5. The number of aromatic hydroxyl groups is 1. The molecule has 11 nitrogen and oxygen atoms in total. The molecule has 0 saturated carbocycles. The van der Waals surface area contributed by atoms with Crippen LogP contribution in [0.15, 0.2) is 66.4 Å². The molecule has 0 saturated heterocycles. The van der Waals surface area contributed by atoms with Crippen molar-refractivity contribution in [3.8, 4) is 34.7 Å². The topological polar surface area (TPSA) is 127 Å². The van der Waals surface area contributed by atoms with Crippen LogP contribution in [-0.4, -0.2) is 63.8 Å². The average Bonchev–Trinajstić information content (AvgIpc) is 3.82. The highest BCUT2D eigenvalue weighted by Crippen LogP contribution is 2.42. The number of carbonyl (C=O) groups is 3. The number of hydrogen-bond donors (Lipinski definition) is 2. The number of rotatable bonds is 6. The third-order valence-corrected chi connectivity index (χ3v) is 10.4. The molecule has 0 spiro atoms. The Balaban J connectivity index is 1.51. The first-order valence-corrected chi connectivity index (χ1v) is 18.7. The number of aromatic nitrogens is 2. The molecular formula is C43H50N5O6+. The van der Waals surface area contributed by atoms with Gasteiger partial charge in [-0.3, -0.25) is 19.4 Å². The van der Waals surface area contributed by atoms with Crippen LogP contribution < -0.4 is 5.32 Å². The van der Waals surface area contributed by atoms with Crippen LogP contribution in [-0.2, 0) is 43.2 Å². The summed E-state index contributed by atoms with van der Waals surface area (Å²) in [6.45, 7) is 16.9. The van der Waals surface area contributed by atoms with Crippen molar-refractivity contribution in [3.05, 3.63) is 88.2 Å². The number of fused-ring (bicyclic) bond motifs is 4. The predicted molar refractivity (Wildman–Crippen MR) is 209 cm³/mol. The van der Waals surface area contributed by atoms with Crippen LogP contribution in [0.25, 0.3) is 38.2 Å². The van der Waals surface area contributed by atoms with Gasteiger partial charge in [-0.25, -0.2) is 0 Å². The lowest BCUT2D eigenvalue weighted by Gasteiger charge is -2.26. The van der Waals surface area contributed by atoms with E-state index in [0.29, 0.717) is 31.4 Å². The van der Waals surface area contributed by atoms with Crippen LogP contribution in [0.5, 0.6) is 5.75 Å². The number of nitrogens with one attached hydrogen (secondary N) is 1. The Hall–Kier alpha value is -5.47. The van der Waals surface area contributed by atoms with Crippen LogP contribution in [0.1, 0.15) is 76.8 Å². The molecule has 0 fully saturated rings. The number of cyclic esters (lactones) is 1. The lowest BCUT2D eigenvalue weighted by atomic mass is 9.84. The smallest absolute Gasteiger partial charge is 0.317 e. The lowest BCUT2D eigenvalue weighted by molar-refractivity contribution is -0.146. The highest BCUT2D eigenvalue weighted by Gasteiger charge is 2.36. The number of carbonyl (C=O) groups excluding carboxylic acids is 3. The zero-order valence-electron chi connectivity index (χ0n) is 32.0. The predicted octanol–water partition coefficient (Wildman–Crippen LogP) is 7.41. The van der Waals surface area contributed by atoms with Gasteiger partial charge in [-0.15, -0.1) is 0 Å². The molecule has 4 aromatic rings. The molecule has 11 heteroatoms. The van der Waals surface area contributed by atoms with E-state index in [1.54, 1.807) is 25.4 Å². The number of phenols is 1. The highest BCUT2D eigenvalue weighted by atomic mass is 16.5. The van der Waals surface area contributed by atoms with Gasteiger partial charge in [0.05, 0.1) is 41.5 Å². The summed E-state index contributed by atoms with van der Waals surface area (Å²) in [4.78, 5) is 48.5. The number of ether oxygens (including phenoxy) is 2. The molecule has 1 aliphatic carbocycles. The summed E-state index contributed by atoms with van der Waals surface area (Å²) in [5.41, 5.74) is 7.69. The molecule has 0 radical (unpaired) electrons. The van der Waals surface area contributed by atoms with Gasteiger partial charge in [-0.1, -0.05) is 37.6 Å². The number of methoxy groups -OCH3 is 1. The molecule has 1 aliphatic heterocycles. The number of pyridine rings is 1. The number of amides is 2. The Bertz CT molecular complexity index is 2160. The van der Waals surface area contributed by atoms with E-state index in [9.17, 15) is 19.5 Å². The number of esters is 1. The minimum atomic E-state index is -1.00. The van der Waals surface area contributed by atoms with E-state index in [-0.39, 0.29) is 55.6 Å². The first-order chi connectivity index (χ1) is 25.8. The second-order valence-corrected chi connectivity index (χ2v) is 15.2. The molecule has 3 atom stereocenters. The van der Waals surface area contributed by atoms with Crippen molar-refractivity contribution in [1.82, 2.24) is 19.9 Å². The average molecular weight is 733 g/mol. The van der Waals surface area contributed by atoms with Crippen molar-refractivity contribution in [2.75, 3.05) is 20.3 Å². The van der Waals surface area contributed by atoms with E-state index in [1.807, 2.05) is 38.1 Å². The Morgan fingerprint density at radius 2 is 1.94 bits per heavy atom. The maximum atomic E-state index is 13.9. The van der Waals surface area contributed by atoms with Gasteiger partial charge in [-0.05, 0) is 98.7 Å². The third kappa shape index (κ3) is 8.19. The second kappa shape index (κ2) is 15.9. The van der Waals surface area contributed by atoms with Crippen molar-refractivity contribution in [3.63, 3.8) is 0 Å². The summed E-state index contributed by atoms with van der Waals surface area (Å²) in [6.07, 6.45) is 5.11. The largest absolute Gasteiger partial charge is 0.508 e. The Morgan fingerprint density at radius 1 is 1.17 bits per heavy atom. The van der Waals surface area contributed by atoms with E-state index in [4.69, 9.17) is 21.0 Å². The Morgan fingerprint density at radius 3 is 2.65 bits per heavy atom. The molecule has 6 rings (SSSR count). The molecule has 4 bridgehead atoms. The van der Waals surface area contributed by atoms with Crippen molar-refractivity contribution < 1.29 is 29.0 Å². The number of aryl methyl sites for hydroxylation is 1. The standard InChI is InChI=1S/C43H49N5O6/c1-8-47-37-15-14-29-23-34(37)35(40(47)32-12-11-16-45-39(32)27(3)53-7)24-43(4,5)25-54-38(50)13-9-10-17-48(44-6)42(52)36(46-41(51)33-18-26(33)2)21-28-19-30(29)22-31(49)20-28/h6,11-12,14-16,18-20,22-23,27,33,36H,8-10,13,17,21,24-25H2,1-5,7H3,(H-,46,49,51)/p+1/t27-,33-,36-/m0/s1. The van der Waals surface area contributed by atoms with Crippen molar-refractivity contribution >= 4 is 28.7 Å². The van der Waals surface area contributed by atoms with Crippen molar-refractivity contribution in [2.45, 2.75) is 85.4 Å². The summed E-state index contributed by atoms with van der Waals surface area (Å²) in [5.74, 6) is -1.41. The summed E-state index contributed by atoms with van der Waals surface area (Å²) >= 11 is 0. The number of benzene rings is 2. The number of nitrogens with zero attached hydrogens (tertiary/aromatic N) is 4. The van der Waals surface area contributed by atoms with Gasteiger partial charge in [-0.2, -0.15) is 0 Å². The lowest BCUT2D eigenvalue weighted by Crippen LogP contribution is -2.48. The normalized spacial score (nSPS) is 19.8. The Kier molecular flexibility index (Phi) is 11.2. The van der Waals surface area contributed by atoms with Crippen LogP contribution in [0.4, 0.5) is 0 Å². The van der Waals surface area contributed by atoms with E-state index in [2.05, 4.69) is 53.8 Å². The second-order valence-electron chi connectivity index (χ2n) is 15.2. The van der Waals surface area contributed by atoms with E-state index in [0.717, 1.165) is 55.1 Å². The quantitative estimate of drug-likeness (QED) is 0.156. The van der Waals surface area contributed by atoms with Crippen LogP contribution in [0.3, 0.4) is 0 Å². The van der Waals surface area contributed by atoms with Crippen molar-refractivity contribution in [2.24, 2.45) is 11.3 Å². The zero-order valence-corrected chi connectivity index (χ0v) is 32.0. The first kappa shape index (κ1) is 38.3. The van der Waals surface area contributed by atoms with Crippen LogP contribution in [0.2, 0.25) is 0 Å². The third-order valence-electron chi connectivity index (χ3n) is 10.4. The fourth-order valence-electron chi connectivity index (χ4n) is 7.44. The first-order valence-electron chi connectivity index (χ1n) is 18.7.